The first-order valence-electron chi connectivity index (χ1n) is 6.74. The highest BCUT2D eigenvalue weighted by Gasteiger charge is 2.25. The predicted octanol–water partition coefficient (Wildman–Crippen LogP) is 2.53. The van der Waals surface area contributed by atoms with Crippen molar-refractivity contribution >= 4 is 5.69 Å². The van der Waals surface area contributed by atoms with Gasteiger partial charge < -0.3 is 14.6 Å². The van der Waals surface area contributed by atoms with Gasteiger partial charge in [-0.1, -0.05) is 0 Å². The van der Waals surface area contributed by atoms with E-state index in [9.17, 15) is 10.1 Å². The molecule has 20 heavy (non-hydrogen) atoms. The van der Waals surface area contributed by atoms with Gasteiger partial charge in [0.05, 0.1) is 18.1 Å². The third-order valence-electron chi connectivity index (χ3n) is 3.71. The molecule has 0 spiro atoms. The average molecular weight is 281 g/mol. The molecule has 0 amide bonds. The van der Waals surface area contributed by atoms with Gasteiger partial charge in [0.25, 0.3) is 0 Å². The Hall–Kier alpha value is -1.82. The summed E-state index contributed by atoms with van der Waals surface area (Å²) in [6, 6.07) is 4.50. The molecule has 1 aliphatic carbocycles. The molecule has 0 unspecified atom stereocenters. The number of methoxy groups -OCH3 is 1. The molecule has 0 radical (unpaired) electrons. The Balaban J connectivity index is 2.09. The molecule has 1 aliphatic rings. The highest BCUT2D eigenvalue weighted by atomic mass is 16.6. The molecule has 6 heteroatoms. The van der Waals surface area contributed by atoms with Gasteiger partial charge in [-0.25, -0.2) is 0 Å². The number of benzene rings is 1. The first kappa shape index (κ1) is 14.6. The molecule has 2 rings (SSSR count). The molecule has 1 aromatic carbocycles. The van der Waals surface area contributed by atoms with Gasteiger partial charge in [0, 0.05) is 18.7 Å². The fraction of sp³-hybridized carbons (Fsp3) is 0.571. The smallest absolute Gasteiger partial charge is 0.311 e. The SMILES string of the molecule is COc1ccc([N+](=O)[O-])c(OC2CCC(CO)CC2)c1. The Labute approximate surface area is 117 Å². The maximum absolute atomic E-state index is 11.0. The lowest BCUT2D eigenvalue weighted by molar-refractivity contribution is -0.386. The molecule has 6 nitrogen and oxygen atoms in total. The van der Waals surface area contributed by atoms with E-state index in [1.54, 1.807) is 12.1 Å². The van der Waals surface area contributed by atoms with Gasteiger partial charge in [-0.2, -0.15) is 0 Å². The third kappa shape index (κ3) is 3.39. The molecule has 110 valence electrons. The second-order valence-corrected chi connectivity index (χ2v) is 5.03. The summed E-state index contributed by atoms with van der Waals surface area (Å²) in [6.45, 7) is 0.200. The second-order valence-electron chi connectivity index (χ2n) is 5.03. The Morgan fingerprint density at radius 1 is 1.35 bits per heavy atom. The third-order valence-corrected chi connectivity index (χ3v) is 3.71. The van der Waals surface area contributed by atoms with Crippen LogP contribution in [0.4, 0.5) is 5.69 Å². The van der Waals surface area contributed by atoms with Crippen molar-refractivity contribution in [2.45, 2.75) is 31.8 Å². The normalized spacial score (nSPS) is 22.3. The fourth-order valence-corrected chi connectivity index (χ4v) is 2.48. The molecule has 1 fully saturated rings. The molecule has 1 aromatic rings. The summed E-state index contributed by atoms with van der Waals surface area (Å²) in [6.07, 6.45) is 3.35. The first-order chi connectivity index (χ1) is 9.63. The van der Waals surface area contributed by atoms with Crippen LogP contribution in [0.1, 0.15) is 25.7 Å². The number of hydrogen-bond acceptors (Lipinski definition) is 5. The van der Waals surface area contributed by atoms with Crippen LogP contribution in [0.15, 0.2) is 18.2 Å². The number of hydrogen-bond donors (Lipinski definition) is 1. The topological polar surface area (TPSA) is 81.8 Å². The zero-order chi connectivity index (χ0) is 14.5. The number of nitrogens with zero attached hydrogens (tertiary/aromatic N) is 1. The summed E-state index contributed by atoms with van der Waals surface area (Å²) >= 11 is 0. The standard InChI is InChI=1S/C14H19NO5/c1-19-12-6-7-13(15(17)18)14(8-12)20-11-4-2-10(9-16)3-5-11/h6-8,10-11,16H,2-5,9H2,1H3. The van der Waals surface area contributed by atoms with Crippen molar-refractivity contribution in [3.63, 3.8) is 0 Å². The molecule has 0 aromatic heterocycles. The van der Waals surface area contributed by atoms with Crippen molar-refractivity contribution in [2.75, 3.05) is 13.7 Å². The van der Waals surface area contributed by atoms with Gasteiger partial charge >= 0.3 is 5.69 Å². The first-order valence-corrected chi connectivity index (χ1v) is 6.74. The molecule has 0 heterocycles. The molecule has 0 atom stereocenters. The number of aliphatic hydroxyl groups excluding tert-OH is 1. The van der Waals surface area contributed by atoms with E-state index >= 15 is 0 Å². The Morgan fingerprint density at radius 2 is 2.05 bits per heavy atom. The minimum absolute atomic E-state index is 0.0383. The van der Waals surface area contributed by atoms with E-state index in [0.717, 1.165) is 25.7 Å². The maximum atomic E-state index is 11.0. The largest absolute Gasteiger partial charge is 0.497 e. The van der Waals surface area contributed by atoms with Gasteiger partial charge in [-0.3, -0.25) is 10.1 Å². The van der Waals surface area contributed by atoms with Crippen molar-refractivity contribution in [1.82, 2.24) is 0 Å². The van der Waals surface area contributed by atoms with Gasteiger partial charge in [0.1, 0.15) is 5.75 Å². The van der Waals surface area contributed by atoms with Gasteiger partial charge in [-0.05, 0) is 37.7 Å². The van der Waals surface area contributed by atoms with E-state index in [0.29, 0.717) is 11.7 Å². The van der Waals surface area contributed by atoms with Crippen LogP contribution in [0.5, 0.6) is 11.5 Å². The summed E-state index contributed by atoms with van der Waals surface area (Å²) in [7, 11) is 1.51. The van der Waals surface area contributed by atoms with Crippen LogP contribution in [0, 0.1) is 16.0 Å². The molecular weight excluding hydrogens is 262 g/mol. The lowest BCUT2D eigenvalue weighted by Gasteiger charge is -2.27. The monoisotopic (exact) mass is 281 g/mol. The maximum Gasteiger partial charge on any atom is 0.311 e. The highest BCUT2D eigenvalue weighted by Crippen LogP contribution is 2.34. The van der Waals surface area contributed by atoms with Crippen LogP contribution in [-0.2, 0) is 0 Å². The lowest BCUT2D eigenvalue weighted by Crippen LogP contribution is -2.25. The van der Waals surface area contributed by atoms with Crippen LogP contribution >= 0.6 is 0 Å². The minimum Gasteiger partial charge on any atom is -0.497 e. The van der Waals surface area contributed by atoms with E-state index in [2.05, 4.69) is 0 Å². The van der Waals surface area contributed by atoms with E-state index in [4.69, 9.17) is 14.6 Å². The van der Waals surface area contributed by atoms with Crippen molar-refractivity contribution < 1.29 is 19.5 Å². The van der Waals surface area contributed by atoms with Gasteiger partial charge in [0.15, 0.2) is 0 Å². The van der Waals surface area contributed by atoms with Gasteiger partial charge in [0.2, 0.25) is 5.75 Å². The minimum atomic E-state index is -0.450. The van der Waals surface area contributed by atoms with Crippen molar-refractivity contribution in [1.29, 1.82) is 0 Å². The number of nitro benzene ring substituents is 1. The lowest BCUT2D eigenvalue weighted by atomic mass is 9.88. The van der Waals surface area contributed by atoms with Crippen molar-refractivity contribution in [2.24, 2.45) is 5.92 Å². The summed E-state index contributed by atoms with van der Waals surface area (Å²) in [5, 5.41) is 20.1. The van der Waals surface area contributed by atoms with Crippen molar-refractivity contribution in [3.05, 3.63) is 28.3 Å². The van der Waals surface area contributed by atoms with Crippen LogP contribution in [0.25, 0.3) is 0 Å². The number of rotatable bonds is 5. The fourth-order valence-electron chi connectivity index (χ4n) is 2.48. The van der Waals surface area contributed by atoms with Gasteiger partial charge in [-0.15, -0.1) is 0 Å². The van der Waals surface area contributed by atoms with E-state index in [1.807, 2.05) is 0 Å². The van der Waals surface area contributed by atoms with Crippen LogP contribution < -0.4 is 9.47 Å². The second kappa shape index (κ2) is 6.56. The molecule has 0 saturated heterocycles. The predicted molar refractivity (Wildman–Crippen MR) is 73.1 cm³/mol. The average Bonchev–Trinajstić information content (AvgIpc) is 2.47. The summed E-state index contributed by atoms with van der Waals surface area (Å²) in [4.78, 5) is 10.6. The number of nitro groups is 1. The highest BCUT2D eigenvalue weighted by molar-refractivity contribution is 5.50. The van der Waals surface area contributed by atoms with Crippen molar-refractivity contribution in [3.8, 4) is 11.5 Å². The Bertz CT molecular complexity index is 469. The molecule has 0 aliphatic heterocycles. The molecule has 1 N–H and O–H groups in total. The van der Waals surface area contributed by atoms with E-state index < -0.39 is 4.92 Å². The Kier molecular flexibility index (Phi) is 4.79. The quantitative estimate of drug-likeness (QED) is 0.662. The summed E-state index contributed by atoms with van der Waals surface area (Å²) in [5.74, 6) is 1.12. The molecule has 1 saturated carbocycles. The number of aliphatic hydroxyl groups is 1. The summed E-state index contributed by atoms with van der Waals surface area (Å²) < 4.78 is 10.9. The molecular formula is C14H19NO5. The van der Waals surface area contributed by atoms with E-state index in [1.165, 1.54) is 13.2 Å². The Morgan fingerprint density at radius 3 is 2.60 bits per heavy atom. The zero-order valence-corrected chi connectivity index (χ0v) is 11.4. The van der Waals surface area contributed by atoms with Crippen LogP contribution in [-0.4, -0.2) is 29.9 Å². The van der Waals surface area contributed by atoms with Crippen LogP contribution in [0.3, 0.4) is 0 Å². The van der Waals surface area contributed by atoms with Crippen LogP contribution in [0.2, 0.25) is 0 Å². The summed E-state index contributed by atoms with van der Waals surface area (Å²) in [5.41, 5.74) is -0.0462. The van der Waals surface area contributed by atoms with E-state index in [-0.39, 0.29) is 24.1 Å². The molecule has 0 bridgehead atoms. The zero-order valence-electron chi connectivity index (χ0n) is 11.4. The number of ether oxygens (including phenoxy) is 2.